The van der Waals surface area contributed by atoms with Crippen molar-refractivity contribution in [3.05, 3.63) is 24.0 Å². The monoisotopic (exact) mass is 276 g/mol. The lowest BCUT2D eigenvalue weighted by molar-refractivity contribution is 0.173. The van der Waals surface area contributed by atoms with E-state index in [-0.39, 0.29) is 6.79 Å². The standard InChI is InChI=1S/C13H16N4O3/c1-2-3-6-17-13(14-15-16-17)8-18-10-4-5-11-12(7-10)20-9-19-11/h4-5,7H,2-3,6,8-9H2,1H3. The molecule has 1 aliphatic heterocycles. The molecule has 0 amide bonds. The van der Waals surface area contributed by atoms with Gasteiger partial charge in [0.1, 0.15) is 12.4 Å². The molecule has 2 heterocycles. The van der Waals surface area contributed by atoms with Crippen LogP contribution in [0.4, 0.5) is 0 Å². The first-order valence-electron chi connectivity index (χ1n) is 6.64. The molecule has 20 heavy (non-hydrogen) atoms. The minimum atomic E-state index is 0.258. The van der Waals surface area contributed by atoms with Crippen LogP contribution in [0.3, 0.4) is 0 Å². The molecule has 2 aromatic rings. The molecular weight excluding hydrogens is 260 g/mol. The van der Waals surface area contributed by atoms with E-state index in [1.807, 2.05) is 18.2 Å². The fourth-order valence-corrected chi connectivity index (χ4v) is 1.92. The van der Waals surface area contributed by atoms with Crippen LogP contribution in [0.5, 0.6) is 17.2 Å². The Labute approximate surface area is 116 Å². The van der Waals surface area contributed by atoms with Crippen LogP contribution in [-0.2, 0) is 13.2 Å². The van der Waals surface area contributed by atoms with Crippen LogP contribution in [0.2, 0.25) is 0 Å². The number of tetrazole rings is 1. The van der Waals surface area contributed by atoms with Crippen LogP contribution in [-0.4, -0.2) is 27.0 Å². The van der Waals surface area contributed by atoms with Crippen molar-refractivity contribution in [3.8, 4) is 17.2 Å². The number of fused-ring (bicyclic) bond motifs is 1. The van der Waals surface area contributed by atoms with Gasteiger partial charge in [-0.3, -0.25) is 0 Å². The predicted octanol–water partition coefficient (Wildman–Crippen LogP) is 1.78. The molecule has 1 aromatic carbocycles. The molecule has 1 aromatic heterocycles. The van der Waals surface area contributed by atoms with Crippen LogP contribution in [0.1, 0.15) is 25.6 Å². The van der Waals surface area contributed by atoms with Crippen molar-refractivity contribution in [2.45, 2.75) is 32.9 Å². The van der Waals surface area contributed by atoms with Gasteiger partial charge < -0.3 is 14.2 Å². The Balaban J connectivity index is 1.63. The molecule has 1 aliphatic rings. The number of hydrogen-bond acceptors (Lipinski definition) is 6. The Kier molecular flexibility index (Phi) is 3.67. The summed E-state index contributed by atoms with van der Waals surface area (Å²) in [6.07, 6.45) is 2.14. The number of unbranched alkanes of at least 4 members (excludes halogenated alkanes) is 1. The van der Waals surface area contributed by atoms with E-state index in [0.29, 0.717) is 18.1 Å². The Morgan fingerprint density at radius 2 is 2.20 bits per heavy atom. The van der Waals surface area contributed by atoms with Crippen molar-refractivity contribution in [1.82, 2.24) is 20.2 Å². The maximum absolute atomic E-state index is 5.70. The van der Waals surface area contributed by atoms with Gasteiger partial charge in [-0.15, -0.1) is 5.10 Å². The number of hydrogen-bond donors (Lipinski definition) is 0. The summed E-state index contributed by atoms with van der Waals surface area (Å²) in [6, 6.07) is 5.48. The van der Waals surface area contributed by atoms with E-state index >= 15 is 0 Å². The van der Waals surface area contributed by atoms with E-state index in [4.69, 9.17) is 14.2 Å². The summed E-state index contributed by atoms with van der Waals surface area (Å²) in [4.78, 5) is 0. The summed E-state index contributed by atoms with van der Waals surface area (Å²) in [6.45, 7) is 3.53. The number of benzene rings is 1. The molecule has 0 aliphatic carbocycles. The third-order valence-electron chi connectivity index (χ3n) is 3.04. The highest BCUT2D eigenvalue weighted by molar-refractivity contribution is 5.46. The number of aromatic nitrogens is 4. The molecule has 7 heteroatoms. The fraction of sp³-hybridized carbons (Fsp3) is 0.462. The average molecular weight is 276 g/mol. The summed E-state index contributed by atoms with van der Waals surface area (Å²) in [5.41, 5.74) is 0. The molecule has 106 valence electrons. The largest absolute Gasteiger partial charge is 0.485 e. The maximum Gasteiger partial charge on any atom is 0.231 e. The highest BCUT2D eigenvalue weighted by atomic mass is 16.7. The highest BCUT2D eigenvalue weighted by Crippen LogP contribution is 2.35. The molecule has 0 fully saturated rings. The van der Waals surface area contributed by atoms with Gasteiger partial charge in [0, 0.05) is 12.6 Å². The van der Waals surface area contributed by atoms with Crippen molar-refractivity contribution >= 4 is 0 Å². The van der Waals surface area contributed by atoms with E-state index in [1.54, 1.807) is 4.68 Å². The van der Waals surface area contributed by atoms with Crippen molar-refractivity contribution < 1.29 is 14.2 Å². The minimum Gasteiger partial charge on any atom is -0.485 e. The lowest BCUT2D eigenvalue weighted by Crippen LogP contribution is -2.08. The third kappa shape index (κ3) is 2.66. The zero-order chi connectivity index (χ0) is 13.8. The molecule has 0 spiro atoms. The molecule has 7 nitrogen and oxygen atoms in total. The summed E-state index contributed by atoms with van der Waals surface area (Å²) in [5, 5.41) is 11.6. The Morgan fingerprint density at radius 1 is 1.30 bits per heavy atom. The molecule has 0 atom stereocenters. The van der Waals surface area contributed by atoms with Crippen molar-refractivity contribution in [2.24, 2.45) is 0 Å². The third-order valence-corrected chi connectivity index (χ3v) is 3.04. The lowest BCUT2D eigenvalue weighted by Gasteiger charge is -2.07. The summed E-state index contributed by atoms with van der Waals surface area (Å²) in [7, 11) is 0. The molecule has 0 saturated heterocycles. The number of nitrogens with zero attached hydrogens (tertiary/aromatic N) is 4. The molecule has 0 unspecified atom stereocenters. The quantitative estimate of drug-likeness (QED) is 0.801. The highest BCUT2D eigenvalue weighted by Gasteiger charge is 2.14. The van der Waals surface area contributed by atoms with Gasteiger partial charge in [-0.2, -0.15) is 0 Å². The molecule has 0 radical (unpaired) electrons. The zero-order valence-corrected chi connectivity index (χ0v) is 11.3. The second-order valence-electron chi connectivity index (χ2n) is 4.48. The van der Waals surface area contributed by atoms with Crippen LogP contribution in [0.25, 0.3) is 0 Å². The first-order valence-corrected chi connectivity index (χ1v) is 6.64. The first-order chi connectivity index (χ1) is 9.86. The topological polar surface area (TPSA) is 71.3 Å². The zero-order valence-electron chi connectivity index (χ0n) is 11.3. The van der Waals surface area contributed by atoms with Gasteiger partial charge in [0.05, 0.1) is 0 Å². The van der Waals surface area contributed by atoms with E-state index in [2.05, 4.69) is 22.4 Å². The van der Waals surface area contributed by atoms with Gasteiger partial charge in [0.15, 0.2) is 17.3 Å². The first kappa shape index (κ1) is 12.7. The summed E-state index contributed by atoms with van der Waals surface area (Å²) >= 11 is 0. The van der Waals surface area contributed by atoms with E-state index in [0.717, 1.165) is 31.0 Å². The molecule has 0 bridgehead atoms. The molecule has 0 N–H and O–H groups in total. The minimum absolute atomic E-state index is 0.258. The average Bonchev–Trinajstić information content (AvgIpc) is 3.11. The van der Waals surface area contributed by atoms with E-state index in [9.17, 15) is 0 Å². The van der Waals surface area contributed by atoms with Crippen LogP contribution in [0, 0.1) is 0 Å². The van der Waals surface area contributed by atoms with E-state index in [1.165, 1.54) is 0 Å². The van der Waals surface area contributed by atoms with Crippen molar-refractivity contribution in [1.29, 1.82) is 0 Å². The maximum atomic E-state index is 5.70. The molecule has 0 saturated carbocycles. The Hall–Kier alpha value is -2.31. The van der Waals surface area contributed by atoms with Gasteiger partial charge in [-0.1, -0.05) is 13.3 Å². The summed E-state index contributed by atoms with van der Waals surface area (Å²) < 4.78 is 18.0. The lowest BCUT2D eigenvalue weighted by atomic mass is 10.3. The SMILES string of the molecule is CCCCn1nnnc1COc1ccc2c(c1)OCO2. The second-order valence-corrected chi connectivity index (χ2v) is 4.48. The summed E-state index contributed by atoms with van der Waals surface area (Å²) in [5.74, 6) is 2.87. The Morgan fingerprint density at radius 3 is 3.10 bits per heavy atom. The number of aryl methyl sites for hydroxylation is 1. The van der Waals surface area contributed by atoms with Gasteiger partial charge in [-0.25, -0.2) is 4.68 Å². The fourth-order valence-electron chi connectivity index (χ4n) is 1.92. The van der Waals surface area contributed by atoms with Crippen molar-refractivity contribution in [2.75, 3.05) is 6.79 Å². The smallest absolute Gasteiger partial charge is 0.231 e. The van der Waals surface area contributed by atoms with E-state index < -0.39 is 0 Å². The van der Waals surface area contributed by atoms with Gasteiger partial charge in [0.2, 0.25) is 6.79 Å². The predicted molar refractivity (Wildman–Crippen MR) is 69.6 cm³/mol. The number of rotatable bonds is 6. The van der Waals surface area contributed by atoms with Crippen LogP contribution in [0.15, 0.2) is 18.2 Å². The van der Waals surface area contributed by atoms with Gasteiger partial charge in [-0.05, 0) is 29.0 Å². The van der Waals surface area contributed by atoms with Crippen molar-refractivity contribution in [3.63, 3.8) is 0 Å². The van der Waals surface area contributed by atoms with Crippen LogP contribution < -0.4 is 14.2 Å². The van der Waals surface area contributed by atoms with Gasteiger partial charge in [0.25, 0.3) is 0 Å². The van der Waals surface area contributed by atoms with Gasteiger partial charge >= 0.3 is 0 Å². The second kappa shape index (κ2) is 5.77. The van der Waals surface area contributed by atoms with Crippen LogP contribution >= 0.6 is 0 Å². The number of ether oxygens (including phenoxy) is 3. The normalized spacial score (nSPS) is 12.7. The molecule has 3 rings (SSSR count). The molecular formula is C13H16N4O3. The Bertz CT molecular complexity index is 585.